The summed E-state index contributed by atoms with van der Waals surface area (Å²) in [5, 5.41) is 12.8. The van der Waals surface area contributed by atoms with Crippen LogP contribution in [0.25, 0.3) is 0 Å². The second kappa shape index (κ2) is 8.27. The first-order valence-corrected chi connectivity index (χ1v) is 7.92. The van der Waals surface area contributed by atoms with Gasteiger partial charge < -0.3 is 4.74 Å². The number of nitriles is 1. The largest absolute Gasteiger partial charge is 0.457 e. The number of benzene rings is 3. The predicted molar refractivity (Wildman–Crippen MR) is 99.2 cm³/mol. The molecule has 0 aromatic heterocycles. The van der Waals surface area contributed by atoms with Gasteiger partial charge in [0.15, 0.2) is 0 Å². The fourth-order valence-corrected chi connectivity index (χ4v) is 2.27. The minimum Gasteiger partial charge on any atom is -0.457 e. The third kappa shape index (κ3) is 4.34. The van der Waals surface area contributed by atoms with Gasteiger partial charge in [0.05, 0.1) is 23.4 Å². The summed E-state index contributed by atoms with van der Waals surface area (Å²) in [7, 11) is 0. The molecule has 1 amide bonds. The van der Waals surface area contributed by atoms with Crippen LogP contribution in [0.4, 0.5) is 0 Å². The number of hydrazone groups is 1. The van der Waals surface area contributed by atoms with E-state index in [0.29, 0.717) is 22.6 Å². The molecule has 0 unspecified atom stereocenters. The van der Waals surface area contributed by atoms with E-state index in [2.05, 4.69) is 16.6 Å². The van der Waals surface area contributed by atoms with Gasteiger partial charge in [-0.3, -0.25) is 4.79 Å². The van der Waals surface area contributed by atoms with Gasteiger partial charge in [-0.1, -0.05) is 42.5 Å². The van der Waals surface area contributed by atoms with Crippen LogP contribution in [0.15, 0.2) is 84.0 Å². The number of nitrogens with one attached hydrogen (secondary N) is 1. The zero-order valence-corrected chi connectivity index (χ0v) is 13.8. The molecule has 3 aromatic carbocycles. The maximum absolute atomic E-state index is 12.4. The van der Waals surface area contributed by atoms with E-state index in [0.717, 1.165) is 5.56 Å². The number of amides is 1. The fraction of sp³-hybridized carbons (Fsp3) is 0. The highest BCUT2D eigenvalue weighted by molar-refractivity contribution is 5.97. The number of hydrogen-bond donors (Lipinski definition) is 1. The first-order valence-electron chi connectivity index (χ1n) is 7.92. The Labute approximate surface area is 151 Å². The van der Waals surface area contributed by atoms with Crippen molar-refractivity contribution in [2.24, 2.45) is 5.10 Å². The number of carbonyl (C=O) groups excluding carboxylic acids is 1. The molecule has 3 rings (SSSR count). The van der Waals surface area contributed by atoms with Crippen molar-refractivity contribution < 1.29 is 9.53 Å². The summed E-state index contributed by atoms with van der Waals surface area (Å²) in [5.74, 6) is 0.701. The molecule has 0 aliphatic heterocycles. The van der Waals surface area contributed by atoms with Gasteiger partial charge in [0.25, 0.3) is 5.91 Å². The summed E-state index contributed by atoms with van der Waals surface area (Å²) in [6.07, 6.45) is 1.49. The number of ether oxygens (including phenoxy) is 1. The molecule has 0 spiro atoms. The van der Waals surface area contributed by atoms with Gasteiger partial charge in [0.2, 0.25) is 0 Å². The summed E-state index contributed by atoms with van der Waals surface area (Å²) in [6, 6.07) is 25.2. The van der Waals surface area contributed by atoms with Crippen molar-refractivity contribution in [3.8, 4) is 17.6 Å². The van der Waals surface area contributed by atoms with Crippen LogP contribution in [0.3, 0.4) is 0 Å². The van der Waals surface area contributed by atoms with Gasteiger partial charge in [-0.15, -0.1) is 0 Å². The third-order valence-electron chi connectivity index (χ3n) is 3.50. The van der Waals surface area contributed by atoms with E-state index >= 15 is 0 Å². The highest BCUT2D eigenvalue weighted by Crippen LogP contribution is 2.24. The minimum atomic E-state index is -0.385. The Kier molecular flexibility index (Phi) is 5.38. The molecule has 5 heteroatoms. The molecule has 0 radical (unpaired) electrons. The van der Waals surface area contributed by atoms with E-state index in [4.69, 9.17) is 10.00 Å². The lowest BCUT2D eigenvalue weighted by molar-refractivity contribution is 0.0953. The Hall–Kier alpha value is -3.91. The van der Waals surface area contributed by atoms with Gasteiger partial charge in [-0.05, 0) is 42.0 Å². The van der Waals surface area contributed by atoms with Crippen LogP contribution in [0.2, 0.25) is 0 Å². The van der Waals surface area contributed by atoms with E-state index in [1.807, 2.05) is 30.3 Å². The highest BCUT2D eigenvalue weighted by Gasteiger charge is 2.12. The summed E-state index contributed by atoms with van der Waals surface area (Å²) < 4.78 is 5.78. The molecular formula is C21H15N3O2. The maximum atomic E-state index is 12.4. The first kappa shape index (κ1) is 16.9. The lowest BCUT2D eigenvalue weighted by Crippen LogP contribution is -2.18. The molecule has 26 heavy (non-hydrogen) atoms. The average molecular weight is 341 g/mol. The van der Waals surface area contributed by atoms with E-state index in [9.17, 15) is 4.79 Å². The molecule has 1 N–H and O–H groups in total. The van der Waals surface area contributed by atoms with Crippen molar-refractivity contribution in [3.05, 3.63) is 95.6 Å². The molecule has 0 atom stereocenters. The Morgan fingerprint density at radius 1 is 1.00 bits per heavy atom. The van der Waals surface area contributed by atoms with Crippen molar-refractivity contribution in [2.45, 2.75) is 0 Å². The normalized spacial score (nSPS) is 10.3. The van der Waals surface area contributed by atoms with Crippen LogP contribution in [0.1, 0.15) is 21.5 Å². The monoisotopic (exact) mass is 341 g/mol. The molecule has 0 aliphatic rings. The quantitative estimate of drug-likeness (QED) is 0.560. The number of rotatable bonds is 5. The van der Waals surface area contributed by atoms with E-state index in [-0.39, 0.29) is 5.91 Å². The maximum Gasteiger partial charge on any atom is 0.275 e. The summed E-state index contributed by atoms with van der Waals surface area (Å²) >= 11 is 0. The van der Waals surface area contributed by atoms with Crippen molar-refractivity contribution in [1.29, 1.82) is 5.26 Å². The number of hydrogen-bond acceptors (Lipinski definition) is 4. The van der Waals surface area contributed by atoms with Gasteiger partial charge in [-0.25, -0.2) is 5.43 Å². The standard InChI is InChI=1S/C21H15N3O2/c22-14-16-7-6-8-17(13-16)15-23-24-21(25)19-11-4-5-12-20(19)26-18-9-2-1-3-10-18/h1-13,15H,(H,24,25). The zero-order valence-electron chi connectivity index (χ0n) is 13.8. The van der Waals surface area contributed by atoms with Gasteiger partial charge in [-0.2, -0.15) is 10.4 Å². The topological polar surface area (TPSA) is 74.5 Å². The SMILES string of the molecule is N#Cc1cccc(C=NNC(=O)c2ccccc2Oc2ccccc2)c1. The van der Waals surface area contributed by atoms with Crippen LogP contribution in [-0.4, -0.2) is 12.1 Å². The van der Waals surface area contributed by atoms with Crippen LogP contribution in [-0.2, 0) is 0 Å². The Morgan fingerprint density at radius 2 is 1.77 bits per heavy atom. The Morgan fingerprint density at radius 3 is 2.58 bits per heavy atom. The molecule has 0 bridgehead atoms. The smallest absolute Gasteiger partial charge is 0.275 e. The number of para-hydroxylation sites is 2. The molecule has 5 nitrogen and oxygen atoms in total. The Bertz CT molecular complexity index is 976. The first-order chi connectivity index (χ1) is 12.8. The predicted octanol–water partition coefficient (Wildman–Crippen LogP) is 4.11. The summed E-state index contributed by atoms with van der Waals surface area (Å²) in [4.78, 5) is 12.4. The highest BCUT2D eigenvalue weighted by atomic mass is 16.5. The molecular weight excluding hydrogens is 326 g/mol. The van der Waals surface area contributed by atoms with Crippen molar-refractivity contribution in [1.82, 2.24) is 5.43 Å². The Balaban J connectivity index is 1.72. The van der Waals surface area contributed by atoms with E-state index in [1.54, 1.807) is 48.5 Å². The molecule has 0 heterocycles. The molecule has 3 aromatic rings. The van der Waals surface area contributed by atoms with Gasteiger partial charge in [0.1, 0.15) is 11.5 Å². The second-order valence-electron chi connectivity index (χ2n) is 5.35. The van der Waals surface area contributed by atoms with Crippen molar-refractivity contribution in [2.75, 3.05) is 0 Å². The van der Waals surface area contributed by atoms with Crippen LogP contribution >= 0.6 is 0 Å². The number of nitrogens with zero attached hydrogens (tertiary/aromatic N) is 2. The third-order valence-corrected chi connectivity index (χ3v) is 3.50. The molecule has 0 saturated heterocycles. The van der Waals surface area contributed by atoms with Gasteiger partial charge in [0, 0.05) is 0 Å². The molecule has 0 fully saturated rings. The molecule has 0 saturated carbocycles. The zero-order chi connectivity index (χ0) is 18.2. The second-order valence-corrected chi connectivity index (χ2v) is 5.35. The molecule has 0 aliphatic carbocycles. The number of carbonyl (C=O) groups is 1. The minimum absolute atomic E-state index is 0.374. The van der Waals surface area contributed by atoms with E-state index < -0.39 is 0 Å². The lowest BCUT2D eigenvalue weighted by atomic mass is 10.1. The summed E-state index contributed by atoms with van der Waals surface area (Å²) in [5.41, 5.74) is 4.10. The van der Waals surface area contributed by atoms with Crippen LogP contribution < -0.4 is 10.2 Å². The van der Waals surface area contributed by atoms with Crippen LogP contribution in [0.5, 0.6) is 11.5 Å². The average Bonchev–Trinajstić information content (AvgIpc) is 2.69. The summed E-state index contributed by atoms with van der Waals surface area (Å²) in [6.45, 7) is 0. The van der Waals surface area contributed by atoms with Crippen LogP contribution in [0, 0.1) is 11.3 Å². The fourth-order valence-electron chi connectivity index (χ4n) is 2.27. The molecule has 126 valence electrons. The van der Waals surface area contributed by atoms with Crippen molar-refractivity contribution in [3.63, 3.8) is 0 Å². The lowest BCUT2D eigenvalue weighted by Gasteiger charge is -2.09. The van der Waals surface area contributed by atoms with E-state index in [1.165, 1.54) is 6.21 Å². The van der Waals surface area contributed by atoms with Crippen molar-refractivity contribution >= 4 is 12.1 Å². The van der Waals surface area contributed by atoms with Gasteiger partial charge >= 0.3 is 0 Å².